The van der Waals surface area contributed by atoms with Crippen LogP contribution in [0.2, 0.25) is 0 Å². The minimum atomic E-state index is -1.36. The number of hydrogen-bond acceptors (Lipinski definition) is 11. The van der Waals surface area contributed by atoms with Gasteiger partial charge in [-0.25, -0.2) is 9.59 Å². The number of dihydropyridines is 1. The lowest BCUT2D eigenvalue weighted by atomic mass is 9.85. The summed E-state index contributed by atoms with van der Waals surface area (Å²) in [6.45, 7) is 5.11. The van der Waals surface area contributed by atoms with Crippen LogP contribution in [-0.2, 0) is 35.2 Å². The highest BCUT2D eigenvalue weighted by atomic mass is 16.6. The van der Waals surface area contributed by atoms with Gasteiger partial charge in [-0.2, -0.15) is 4.98 Å². The fourth-order valence-corrected chi connectivity index (χ4v) is 3.56. The summed E-state index contributed by atoms with van der Waals surface area (Å²) in [5.74, 6) is -2.95. The molecule has 0 aliphatic carbocycles. The van der Waals surface area contributed by atoms with Crippen LogP contribution in [0, 0.1) is 5.92 Å². The zero-order valence-corrected chi connectivity index (χ0v) is 19.5. The maximum absolute atomic E-state index is 13.1. The second-order valence-corrected chi connectivity index (χ2v) is 7.17. The van der Waals surface area contributed by atoms with E-state index < -0.39 is 23.8 Å². The standard InChI is InChI=1S/C23H25N3O8/c1-6-32-15-10-8-7-9-14(15)20-25-16(34-26-20)11-33-23(29)19-17(21(27)30-4)12(2)24-13(3)18(19)22(28)31-5/h7-10,19,24H,6,11H2,1-5H3. The van der Waals surface area contributed by atoms with Crippen LogP contribution in [0.4, 0.5) is 0 Å². The van der Waals surface area contributed by atoms with Crippen molar-refractivity contribution in [2.75, 3.05) is 20.8 Å². The van der Waals surface area contributed by atoms with E-state index in [2.05, 4.69) is 15.5 Å². The van der Waals surface area contributed by atoms with E-state index in [-0.39, 0.29) is 29.5 Å². The fourth-order valence-electron chi connectivity index (χ4n) is 3.56. The van der Waals surface area contributed by atoms with E-state index in [1.807, 2.05) is 13.0 Å². The van der Waals surface area contributed by atoms with Crippen molar-refractivity contribution < 1.29 is 37.9 Å². The molecule has 0 bridgehead atoms. The molecule has 34 heavy (non-hydrogen) atoms. The Balaban J connectivity index is 1.84. The van der Waals surface area contributed by atoms with Gasteiger partial charge < -0.3 is 28.8 Å². The zero-order valence-electron chi connectivity index (χ0n) is 19.5. The fraction of sp³-hybridized carbons (Fsp3) is 0.348. The Kier molecular flexibility index (Phi) is 7.67. The molecule has 2 aromatic rings. The Bertz CT molecular complexity index is 1130. The van der Waals surface area contributed by atoms with Gasteiger partial charge in [0.05, 0.1) is 37.5 Å². The third kappa shape index (κ3) is 4.92. The second kappa shape index (κ2) is 10.6. The molecule has 1 N–H and O–H groups in total. The quantitative estimate of drug-likeness (QED) is 0.448. The summed E-state index contributed by atoms with van der Waals surface area (Å²) >= 11 is 0. The molecule has 1 aliphatic heterocycles. The molecule has 0 atom stereocenters. The molecule has 0 amide bonds. The summed E-state index contributed by atoms with van der Waals surface area (Å²) in [4.78, 5) is 42.2. The number of carbonyl (C=O) groups excluding carboxylic acids is 3. The number of rotatable bonds is 8. The van der Waals surface area contributed by atoms with Gasteiger partial charge >= 0.3 is 17.9 Å². The molecule has 11 nitrogen and oxygen atoms in total. The number of methoxy groups -OCH3 is 2. The first-order chi connectivity index (χ1) is 16.3. The van der Waals surface area contributed by atoms with Crippen molar-refractivity contribution >= 4 is 17.9 Å². The SMILES string of the molecule is CCOc1ccccc1-c1noc(COC(=O)C2C(C(=O)OC)=C(C)NC(C)=C2C(=O)OC)n1. The van der Waals surface area contributed by atoms with Crippen LogP contribution in [0.5, 0.6) is 5.75 Å². The summed E-state index contributed by atoms with van der Waals surface area (Å²) in [6, 6.07) is 7.17. The monoisotopic (exact) mass is 471 g/mol. The highest BCUT2D eigenvalue weighted by molar-refractivity contribution is 6.05. The number of hydrogen-bond donors (Lipinski definition) is 1. The molecule has 0 saturated carbocycles. The minimum Gasteiger partial charge on any atom is -0.493 e. The van der Waals surface area contributed by atoms with E-state index in [1.54, 1.807) is 32.0 Å². The number of carbonyl (C=O) groups is 3. The van der Waals surface area contributed by atoms with Crippen molar-refractivity contribution in [2.24, 2.45) is 5.92 Å². The first-order valence-electron chi connectivity index (χ1n) is 10.4. The summed E-state index contributed by atoms with van der Waals surface area (Å²) < 4.78 is 25.8. The molecular formula is C23H25N3O8. The molecule has 1 aromatic heterocycles. The Labute approximate surface area is 195 Å². The highest BCUT2D eigenvalue weighted by Crippen LogP contribution is 2.33. The van der Waals surface area contributed by atoms with Gasteiger partial charge in [0.15, 0.2) is 6.61 Å². The van der Waals surface area contributed by atoms with Crippen LogP contribution in [0.3, 0.4) is 0 Å². The van der Waals surface area contributed by atoms with Gasteiger partial charge in [-0.3, -0.25) is 4.79 Å². The van der Waals surface area contributed by atoms with Gasteiger partial charge in [-0.05, 0) is 32.9 Å². The summed E-state index contributed by atoms with van der Waals surface area (Å²) in [6.07, 6.45) is 0. The lowest BCUT2D eigenvalue weighted by molar-refractivity contribution is -0.152. The smallest absolute Gasteiger partial charge is 0.336 e. The van der Waals surface area contributed by atoms with Gasteiger partial charge in [0, 0.05) is 11.4 Å². The van der Waals surface area contributed by atoms with Crippen LogP contribution in [0.25, 0.3) is 11.4 Å². The normalized spacial score (nSPS) is 13.9. The molecule has 0 spiro atoms. The number of para-hydroxylation sites is 1. The third-order valence-electron chi connectivity index (χ3n) is 5.04. The van der Waals surface area contributed by atoms with E-state index in [0.717, 1.165) is 0 Å². The molecule has 11 heteroatoms. The van der Waals surface area contributed by atoms with Crippen molar-refractivity contribution in [1.29, 1.82) is 0 Å². The molecule has 0 fully saturated rings. The molecule has 3 rings (SSSR count). The number of allylic oxidation sites excluding steroid dienone is 2. The Morgan fingerprint density at radius 2 is 1.65 bits per heavy atom. The number of ether oxygens (including phenoxy) is 4. The molecule has 1 aliphatic rings. The number of nitrogens with one attached hydrogen (secondary N) is 1. The molecule has 1 aromatic carbocycles. The number of nitrogens with zero attached hydrogens (tertiary/aromatic N) is 2. The van der Waals surface area contributed by atoms with E-state index >= 15 is 0 Å². The van der Waals surface area contributed by atoms with Crippen LogP contribution < -0.4 is 10.1 Å². The summed E-state index contributed by atoms with van der Waals surface area (Å²) in [7, 11) is 2.35. The second-order valence-electron chi connectivity index (χ2n) is 7.17. The topological polar surface area (TPSA) is 139 Å². The molecule has 180 valence electrons. The summed E-state index contributed by atoms with van der Waals surface area (Å²) in [5.41, 5.74) is 1.20. The average molecular weight is 471 g/mol. The van der Waals surface area contributed by atoms with Gasteiger partial charge in [0.1, 0.15) is 11.7 Å². The zero-order chi connectivity index (χ0) is 24.8. The molecule has 0 saturated heterocycles. The predicted octanol–water partition coefficient (Wildman–Crippen LogP) is 2.29. The van der Waals surface area contributed by atoms with Gasteiger partial charge in [-0.15, -0.1) is 0 Å². The van der Waals surface area contributed by atoms with Crippen molar-refractivity contribution in [3.05, 3.63) is 52.7 Å². The van der Waals surface area contributed by atoms with E-state index in [0.29, 0.717) is 29.3 Å². The maximum atomic E-state index is 13.1. The minimum absolute atomic E-state index is 0.0178. The Morgan fingerprint density at radius 1 is 1.03 bits per heavy atom. The lowest BCUT2D eigenvalue weighted by Gasteiger charge is -2.28. The predicted molar refractivity (Wildman–Crippen MR) is 117 cm³/mol. The Morgan fingerprint density at radius 3 is 2.24 bits per heavy atom. The van der Waals surface area contributed by atoms with Crippen molar-refractivity contribution in [1.82, 2.24) is 15.5 Å². The van der Waals surface area contributed by atoms with Crippen molar-refractivity contribution in [3.63, 3.8) is 0 Å². The number of aromatic nitrogens is 2. The van der Waals surface area contributed by atoms with E-state index in [1.165, 1.54) is 14.2 Å². The van der Waals surface area contributed by atoms with E-state index in [4.69, 9.17) is 23.5 Å². The molecule has 0 radical (unpaired) electrons. The Hall–Kier alpha value is -4.15. The van der Waals surface area contributed by atoms with Crippen LogP contribution in [0.15, 0.2) is 51.3 Å². The molecular weight excluding hydrogens is 446 g/mol. The highest BCUT2D eigenvalue weighted by Gasteiger charge is 2.42. The van der Waals surface area contributed by atoms with E-state index in [9.17, 15) is 14.4 Å². The van der Waals surface area contributed by atoms with Gasteiger partial charge in [0.2, 0.25) is 5.82 Å². The molecule has 0 unspecified atom stereocenters. The third-order valence-corrected chi connectivity index (χ3v) is 5.04. The summed E-state index contributed by atoms with van der Waals surface area (Å²) in [5, 5.41) is 6.83. The van der Waals surface area contributed by atoms with Gasteiger partial charge in [0.25, 0.3) is 5.89 Å². The first-order valence-corrected chi connectivity index (χ1v) is 10.4. The van der Waals surface area contributed by atoms with Crippen molar-refractivity contribution in [3.8, 4) is 17.1 Å². The first kappa shape index (κ1) is 24.5. The number of esters is 3. The van der Waals surface area contributed by atoms with Gasteiger partial charge in [-0.1, -0.05) is 17.3 Å². The van der Waals surface area contributed by atoms with Crippen LogP contribution in [-0.4, -0.2) is 48.9 Å². The average Bonchev–Trinajstić information content (AvgIpc) is 3.30. The number of benzene rings is 1. The molecule has 2 heterocycles. The lowest BCUT2D eigenvalue weighted by Crippen LogP contribution is -2.37. The largest absolute Gasteiger partial charge is 0.493 e. The van der Waals surface area contributed by atoms with Crippen molar-refractivity contribution in [2.45, 2.75) is 27.4 Å². The van der Waals surface area contributed by atoms with Crippen LogP contribution >= 0.6 is 0 Å². The van der Waals surface area contributed by atoms with Crippen LogP contribution in [0.1, 0.15) is 26.7 Å². The maximum Gasteiger partial charge on any atom is 0.336 e.